The number of nitrogens with one attached hydrogen (secondary N) is 1. The molecule has 0 aliphatic carbocycles. The number of carbonyl (C=O) groups is 2. The van der Waals surface area contributed by atoms with Gasteiger partial charge in [0, 0.05) is 19.2 Å². The molecule has 0 radical (unpaired) electrons. The summed E-state index contributed by atoms with van der Waals surface area (Å²) in [4.78, 5) is 26.0. The van der Waals surface area contributed by atoms with Crippen molar-refractivity contribution in [2.75, 3.05) is 25.5 Å². The number of carbonyl (C=O) groups excluding carboxylic acids is 2. The van der Waals surface area contributed by atoms with Gasteiger partial charge in [0.15, 0.2) is 0 Å². The smallest absolute Gasteiger partial charge is 0.230 e. The van der Waals surface area contributed by atoms with Crippen LogP contribution in [0.3, 0.4) is 0 Å². The molecule has 2 aromatic carbocycles. The predicted octanol–water partition coefficient (Wildman–Crippen LogP) is 2.93. The summed E-state index contributed by atoms with van der Waals surface area (Å²) in [6, 6.07) is 9.61. The lowest BCUT2D eigenvalue weighted by Gasteiger charge is -2.28. The Balaban J connectivity index is 1.63. The lowest BCUT2D eigenvalue weighted by Crippen LogP contribution is -2.38. The number of likely N-dealkylation sites (N-methyl/N-ethyl adjacent to an activating group) is 1. The van der Waals surface area contributed by atoms with Gasteiger partial charge in [-0.2, -0.15) is 0 Å². The maximum absolute atomic E-state index is 13.4. The van der Waals surface area contributed by atoms with E-state index in [2.05, 4.69) is 5.32 Å². The van der Waals surface area contributed by atoms with E-state index in [0.717, 1.165) is 0 Å². The Bertz CT molecular complexity index is 824. The molecule has 2 aromatic rings. The number of benzene rings is 2. The monoisotopic (exact) mass is 360 g/mol. The van der Waals surface area contributed by atoms with Crippen LogP contribution in [0, 0.1) is 11.6 Å². The number of hydrogen-bond acceptors (Lipinski definition) is 3. The van der Waals surface area contributed by atoms with Crippen molar-refractivity contribution in [3.05, 3.63) is 59.7 Å². The molecule has 0 saturated heterocycles. The molecule has 26 heavy (non-hydrogen) atoms. The first-order chi connectivity index (χ1) is 12.4. The van der Waals surface area contributed by atoms with Crippen molar-refractivity contribution in [1.82, 2.24) is 4.90 Å². The van der Waals surface area contributed by atoms with Crippen molar-refractivity contribution in [3.63, 3.8) is 0 Å². The minimum Gasteiger partial charge on any atom is -0.492 e. The molecule has 0 fully saturated rings. The van der Waals surface area contributed by atoms with Gasteiger partial charge < -0.3 is 15.0 Å². The maximum atomic E-state index is 13.4. The molecule has 0 saturated carbocycles. The Morgan fingerprint density at radius 1 is 1.19 bits per heavy atom. The Kier molecular flexibility index (Phi) is 5.16. The zero-order valence-corrected chi connectivity index (χ0v) is 14.2. The molecule has 0 spiro atoms. The second-order valence-electron chi connectivity index (χ2n) is 6.10. The molecule has 0 unspecified atom stereocenters. The van der Waals surface area contributed by atoms with Crippen LogP contribution in [0.25, 0.3) is 0 Å². The zero-order chi connectivity index (χ0) is 18.7. The number of nitrogens with zero attached hydrogens (tertiary/aromatic N) is 1. The molecular weight excluding hydrogens is 342 g/mol. The van der Waals surface area contributed by atoms with Gasteiger partial charge in [-0.05, 0) is 42.0 Å². The Morgan fingerprint density at radius 2 is 1.88 bits per heavy atom. The standard InChI is InChI=1S/C19H18F2N2O3/c1-23(8-9-26-14-5-2-12(20)3-6-14)19(25)16-11-18(24)22-17-10-13(21)4-7-15(16)17/h2-7,10,16H,8-9,11H2,1H3,(H,22,24)/t16-/m0/s1. The summed E-state index contributed by atoms with van der Waals surface area (Å²) in [7, 11) is 1.62. The number of ether oxygens (including phenoxy) is 1. The van der Waals surface area contributed by atoms with E-state index in [1.165, 1.54) is 47.4 Å². The van der Waals surface area contributed by atoms with Gasteiger partial charge in [0.25, 0.3) is 0 Å². The fourth-order valence-corrected chi connectivity index (χ4v) is 2.87. The number of halogens is 2. The molecule has 136 valence electrons. The van der Waals surface area contributed by atoms with Crippen LogP contribution in [-0.4, -0.2) is 36.9 Å². The lowest BCUT2D eigenvalue weighted by molar-refractivity contribution is -0.134. The van der Waals surface area contributed by atoms with E-state index in [1.54, 1.807) is 7.05 Å². The summed E-state index contributed by atoms with van der Waals surface area (Å²) >= 11 is 0. The minimum absolute atomic E-state index is 0.0145. The highest BCUT2D eigenvalue weighted by Crippen LogP contribution is 2.33. The fraction of sp³-hybridized carbons (Fsp3) is 0.263. The molecule has 0 aromatic heterocycles. The third kappa shape index (κ3) is 3.99. The second-order valence-corrected chi connectivity index (χ2v) is 6.10. The van der Waals surface area contributed by atoms with Crippen molar-refractivity contribution in [2.45, 2.75) is 12.3 Å². The zero-order valence-electron chi connectivity index (χ0n) is 14.2. The summed E-state index contributed by atoms with van der Waals surface area (Å²) in [5.74, 6) is -1.54. The average Bonchev–Trinajstić information content (AvgIpc) is 2.61. The molecule has 1 aliphatic heterocycles. The molecule has 2 amide bonds. The van der Waals surface area contributed by atoms with E-state index in [4.69, 9.17) is 4.74 Å². The predicted molar refractivity (Wildman–Crippen MR) is 91.9 cm³/mol. The van der Waals surface area contributed by atoms with Gasteiger partial charge in [-0.1, -0.05) is 6.07 Å². The van der Waals surface area contributed by atoms with Crippen LogP contribution in [0.4, 0.5) is 14.5 Å². The van der Waals surface area contributed by atoms with E-state index >= 15 is 0 Å². The summed E-state index contributed by atoms with van der Waals surface area (Å²) in [5, 5.41) is 2.59. The van der Waals surface area contributed by atoms with E-state index in [-0.39, 0.29) is 30.7 Å². The quantitative estimate of drug-likeness (QED) is 0.892. The largest absolute Gasteiger partial charge is 0.492 e. The first-order valence-electron chi connectivity index (χ1n) is 8.16. The number of amides is 2. The van der Waals surface area contributed by atoms with Crippen LogP contribution in [0.5, 0.6) is 5.75 Å². The highest BCUT2D eigenvalue weighted by Gasteiger charge is 2.32. The highest BCUT2D eigenvalue weighted by atomic mass is 19.1. The normalized spacial score (nSPS) is 15.8. The number of hydrogen-bond donors (Lipinski definition) is 1. The minimum atomic E-state index is -0.657. The van der Waals surface area contributed by atoms with Gasteiger partial charge in [0.1, 0.15) is 24.0 Å². The van der Waals surface area contributed by atoms with E-state index in [1.807, 2.05) is 0 Å². The van der Waals surface area contributed by atoms with Crippen LogP contribution in [-0.2, 0) is 9.59 Å². The van der Waals surface area contributed by atoms with Gasteiger partial charge in [-0.3, -0.25) is 9.59 Å². The van der Waals surface area contributed by atoms with Gasteiger partial charge in [0.05, 0.1) is 12.5 Å². The molecule has 3 rings (SSSR count). The molecule has 7 heteroatoms. The third-order valence-corrected chi connectivity index (χ3v) is 4.24. The molecule has 1 heterocycles. The van der Waals surface area contributed by atoms with Crippen molar-refractivity contribution in [1.29, 1.82) is 0 Å². The van der Waals surface area contributed by atoms with Crippen LogP contribution in [0.15, 0.2) is 42.5 Å². The SMILES string of the molecule is CN(CCOc1ccc(F)cc1)C(=O)[C@H]1CC(=O)Nc2cc(F)ccc21. The van der Waals surface area contributed by atoms with E-state index in [0.29, 0.717) is 23.5 Å². The van der Waals surface area contributed by atoms with E-state index < -0.39 is 11.7 Å². The molecule has 5 nitrogen and oxygen atoms in total. The Labute approximate surface area is 149 Å². The first kappa shape index (κ1) is 17.8. The number of anilines is 1. The Hall–Kier alpha value is -2.96. The molecule has 1 N–H and O–H groups in total. The average molecular weight is 360 g/mol. The van der Waals surface area contributed by atoms with Crippen molar-refractivity contribution < 1.29 is 23.1 Å². The van der Waals surface area contributed by atoms with Gasteiger partial charge in [-0.15, -0.1) is 0 Å². The summed E-state index contributed by atoms with van der Waals surface area (Å²) in [6.45, 7) is 0.522. The van der Waals surface area contributed by atoms with Gasteiger partial charge >= 0.3 is 0 Å². The van der Waals surface area contributed by atoms with Crippen LogP contribution in [0.1, 0.15) is 17.9 Å². The van der Waals surface area contributed by atoms with Crippen LogP contribution >= 0.6 is 0 Å². The fourth-order valence-electron chi connectivity index (χ4n) is 2.87. The van der Waals surface area contributed by atoms with Crippen molar-refractivity contribution in [2.24, 2.45) is 0 Å². The van der Waals surface area contributed by atoms with Crippen molar-refractivity contribution >= 4 is 17.5 Å². The summed E-state index contributed by atoms with van der Waals surface area (Å²) in [5.41, 5.74) is 0.929. The number of rotatable bonds is 5. The molecule has 1 aliphatic rings. The van der Waals surface area contributed by atoms with Crippen molar-refractivity contribution in [3.8, 4) is 5.75 Å². The molecular formula is C19H18F2N2O3. The van der Waals surface area contributed by atoms with Gasteiger partial charge in [-0.25, -0.2) is 8.78 Å². The highest BCUT2D eigenvalue weighted by molar-refractivity contribution is 6.01. The van der Waals surface area contributed by atoms with Crippen LogP contribution < -0.4 is 10.1 Å². The van der Waals surface area contributed by atoms with Gasteiger partial charge in [0.2, 0.25) is 11.8 Å². The second kappa shape index (κ2) is 7.51. The third-order valence-electron chi connectivity index (χ3n) is 4.24. The topological polar surface area (TPSA) is 58.6 Å². The lowest BCUT2D eigenvalue weighted by atomic mass is 9.89. The maximum Gasteiger partial charge on any atom is 0.230 e. The number of fused-ring (bicyclic) bond motifs is 1. The van der Waals surface area contributed by atoms with E-state index in [9.17, 15) is 18.4 Å². The summed E-state index contributed by atoms with van der Waals surface area (Å²) in [6.07, 6.45) is 0.0145. The molecule has 0 bridgehead atoms. The Morgan fingerprint density at radius 3 is 2.62 bits per heavy atom. The van der Waals surface area contributed by atoms with Crippen LogP contribution in [0.2, 0.25) is 0 Å². The first-order valence-corrected chi connectivity index (χ1v) is 8.16. The summed E-state index contributed by atoms with van der Waals surface area (Å²) < 4.78 is 31.7. The molecule has 1 atom stereocenters.